The highest BCUT2D eigenvalue weighted by molar-refractivity contribution is 8.00. The SMILES string of the molecule is [N-]=[N+]=NCC1=C(C(=O)O)N2C(=O)C(NC(=O)CCc3ccccc3)[C@H]2SC1. The van der Waals surface area contributed by atoms with Gasteiger partial charge in [-0.2, -0.15) is 0 Å². The zero-order valence-electron chi connectivity index (χ0n) is 14.2. The summed E-state index contributed by atoms with van der Waals surface area (Å²) in [5.41, 5.74) is 9.71. The van der Waals surface area contributed by atoms with E-state index < -0.39 is 23.3 Å². The van der Waals surface area contributed by atoms with Gasteiger partial charge in [0.25, 0.3) is 5.91 Å². The standard InChI is InChI=1S/C17H17N5O4S/c18-21-19-8-11-9-27-16-13(15(24)22(16)14(11)17(25)26)20-12(23)7-6-10-4-2-1-3-5-10/h1-5,13,16H,6-9H2,(H,20,23)(H,25,26)/t13?,16-/m1/s1. The van der Waals surface area contributed by atoms with Gasteiger partial charge in [0.15, 0.2) is 0 Å². The molecule has 2 atom stereocenters. The van der Waals surface area contributed by atoms with Gasteiger partial charge in [0.05, 0.1) is 6.54 Å². The van der Waals surface area contributed by atoms with Gasteiger partial charge >= 0.3 is 5.97 Å². The van der Waals surface area contributed by atoms with Crippen molar-refractivity contribution in [2.75, 3.05) is 12.3 Å². The van der Waals surface area contributed by atoms with Crippen LogP contribution in [0.5, 0.6) is 0 Å². The molecule has 27 heavy (non-hydrogen) atoms. The molecule has 0 aromatic heterocycles. The van der Waals surface area contributed by atoms with Gasteiger partial charge in [-0.25, -0.2) is 4.79 Å². The molecule has 9 nitrogen and oxygen atoms in total. The van der Waals surface area contributed by atoms with E-state index in [2.05, 4.69) is 15.3 Å². The minimum atomic E-state index is -1.24. The average Bonchev–Trinajstić information content (AvgIpc) is 2.68. The Balaban J connectivity index is 1.63. The molecule has 140 valence electrons. The molecule has 0 aliphatic carbocycles. The number of nitrogens with zero attached hydrogens (tertiary/aromatic N) is 4. The van der Waals surface area contributed by atoms with E-state index in [-0.39, 0.29) is 24.6 Å². The van der Waals surface area contributed by atoms with E-state index >= 15 is 0 Å². The first-order chi connectivity index (χ1) is 13.0. The Labute approximate surface area is 159 Å². The summed E-state index contributed by atoms with van der Waals surface area (Å²) in [5.74, 6) is -1.63. The Morgan fingerprint density at radius 3 is 2.78 bits per heavy atom. The van der Waals surface area contributed by atoms with Crippen LogP contribution in [-0.4, -0.2) is 51.5 Å². The number of hydrogen-bond acceptors (Lipinski definition) is 5. The maximum Gasteiger partial charge on any atom is 0.352 e. The number of rotatable bonds is 7. The van der Waals surface area contributed by atoms with Crippen molar-refractivity contribution < 1.29 is 19.5 Å². The van der Waals surface area contributed by atoms with Crippen molar-refractivity contribution in [3.05, 3.63) is 57.6 Å². The maximum absolute atomic E-state index is 12.4. The molecule has 1 unspecified atom stereocenters. The molecule has 1 aromatic carbocycles. The Morgan fingerprint density at radius 1 is 1.37 bits per heavy atom. The van der Waals surface area contributed by atoms with Crippen molar-refractivity contribution in [1.29, 1.82) is 0 Å². The molecule has 0 saturated carbocycles. The third-order valence-corrected chi connectivity index (χ3v) is 5.71. The largest absolute Gasteiger partial charge is 0.477 e. The minimum absolute atomic E-state index is 0.101. The quantitative estimate of drug-likeness (QED) is 0.317. The van der Waals surface area contributed by atoms with E-state index in [0.717, 1.165) is 5.56 Å². The van der Waals surface area contributed by atoms with Gasteiger partial charge in [-0.3, -0.25) is 14.5 Å². The lowest BCUT2D eigenvalue weighted by Gasteiger charge is -2.49. The summed E-state index contributed by atoms with van der Waals surface area (Å²) in [6, 6.07) is 8.80. The number of carboxylic acid groups (broad SMARTS) is 1. The molecule has 10 heteroatoms. The molecule has 0 radical (unpaired) electrons. The second-order valence-electron chi connectivity index (χ2n) is 6.09. The van der Waals surface area contributed by atoms with Gasteiger partial charge in [-0.1, -0.05) is 35.4 Å². The monoisotopic (exact) mass is 387 g/mol. The van der Waals surface area contributed by atoms with Crippen molar-refractivity contribution in [2.45, 2.75) is 24.3 Å². The summed E-state index contributed by atoms with van der Waals surface area (Å²) in [6.45, 7) is -0.101. The van der Waals surface area contributed by atoms with E-state index in [9.17, 15) is 19.5 Å². The number of β-lactam (4-membered cyclic amide) rings is 1. The molecule has 0 bridgehead atoms. The highest BCUT2D eigenvalue weighted by atomic mass is 32.2. The van der Waals surface area contributed by atoms with Crippen LogP contribution in [-0.2, 0) is 20.8 Å². The first kappa shape index (κ1) is 18.8. The van der Waals surface area contributed by atoms with Gasteiger partial charge < -0.3 is 10.4 Å². The summed E-state index contributed by atoms with van der Waals surface area (Å²) in [5, 5.41) is 15.1. The number of thioether (sulfide) groups is 1. The molecule has 1 saturated heterocycles. The second kappa shape index (κ2) is 8.15. The Morgan fingerprint density at radius 2 is 2.11 bits per heavy atom. The molecule has 2 amide bonds. The Bertz CT molecular complexity index is 850. The fraction of sp³-hybridized carbons (Fsp3) is 0.353. The molecular weight excluding hydrogens is 370 g/mol. The number of amides is 2. The molecule has 2 heterocycles. The van der Waals surface area contributed by atoms with Gasteiger partial charge in [-0.15, -0.1) is 11.8 Å². The molecule has 3 rings (SSSR count). The number of aliphatic carboxylic acids is 1. The van der Waals surface area contributed by atoms with E-state index in [1.807, 2.05) is 30.3 Å². The van der Waals surface area contributed by atoms with Gasteiger partial charge in [0, 0.05) is 17.1 Å². The second-order valence-corrected chi connectivity index (χ2v) is 7.19. The fourth-order valence-electron chi connectivity index (χ4n) is 3.07. The number of aryl methyl sites for hydroxylation is 1. The summed E-state index contributed by atoms with van der Waals surface area (Å²) >= 11 is 1.35. The molecule has 1 aromatic rings. The number of azide groups is 1. The smallest absolute Gasteiger partial charge is 0.352 e. The number of nitrogens with one attached hydrogen (secondary N) is 1. The normalized spacial score (nSPS) is 21.0. The Hall–Kier alpha value is -2.97. The fourth-order valence-corrected chi connectivity index (χ4v) is 4.41. The number of carbonyl (C=O) groups excluding carboxylic acids is 2. The molecule has 2 aliphatic rings. The van der Waals surface area contributed by atoms with Crippen LogP contribution in [0.1, 0.15) is 12.0 Å². The molecule has 0 spiro atoms. The summed E-state index contributed by atoms with van der Waals surface area (Å²) in [4.78, 5) is 40.0. The first-order valence-electron chi connectivity index (χ1n) is 8.27. The van der Waals surface area contributed by atoms with Crippen LogP contribution in [0.15, 0.2) is 46.7 Å². The van der Waals surface area contributed by atoms with E-state index in [4.69, 9.17) is 5.53 Å². The van der Waals surface area contributed by atoms with Crippen molar-refractivity contribution in [3.8, 4) is 0 Å². The van der Waals surface area contributed by atoms with Crippen LogP contribution in [0, 0.1) is 0 Å². The minimum Gasteiger partial charge on any atom is -0.477 e. The summed E-state index contributed by atoms with van der Waals surface area (Å²) in [6.07, 6.45) is 0.806. The highest BCUT2D eigenvalue weighted by Gasteiger charge is 2.53. The maximum atomic E-state index is 12.4. The summed E-state index contributed by atoms with van der Waals surface area (Å²) in [7, 11) is 0. The van der Waals surface area contributed by atoms with Crippen LogP contribution in [0.3, 0.4) is 0 Å². The van der Waals surface area contributed by atoms with E-state index in [0.29, 0.717) is 17.7 Å². The van der Waals surface area contributed by atoms with Crippen LogP contribution in [0.25, 0.3) is 10.4 Å². The number of carboxylic acids is 1. The zero-order valence-corrected chi connectivity index (χ0v) is 15.1. The van der Waals surface area contributed by atoms with Crippen LogP contribution in [0.4, 0.5) is 0 Å². The van der Waals surface area contributed by atoms with Crippen molar-refractivity contribution in [3.63, 3.8) is 0 Å². The van der Waals surface area contributed by atoms with Gasteiger partial charge in [0.2, 0.25) is 5.91 Å². The third kappa shape index (κ3) is 3.91. The van der Waals surface area contributed by atoms with E-state index in [1.165, 1.54) is 16.7 Å². The molecule has 2 N–H and O–H groups in total. The van der Waals surface area contributed by atoms with Gasteiger partial charge in [-0.05, 0) is 23.1 Å². The number of carbonyl (C=O) groups is 3. The third-order valence-electron chi connectivity index (χ3n) is 4.37. The van der Waals surface area contributed by atoms with Crippen molar-refractivity contribution in [1.82, 2.24) is 10.2 Å². The number of benzene rings is 1. The van der Waals surface area contributed by atoms with Crippen LogP contribution in [0.2, 0.25) is 0 Å². The lowest BCUT2D eigenvalue weighted by Crippen LogP contribution is -2.70. The lowest BCUT2D eigenvalue weighted by molar-refractivity contribution is -0.150. The molecular formula is C17H17N5O4S. The molecule has 1 fully saturated rings. The zero-order chi connectivity index (χ0) is 19.4. The topological polar surface area (TPSA) is 135 Å². The lowest BCUT2D eigenvalue weighted by atomic mass is 10.0. The molecule has 2 aliphatic heterocycles. The predicted octanol–water partition coefficient (Wildman–Crippen LogP) is 1.67. The van der Waals surface area contributed by atoms with Crippen LogP contribution >= 0.6 is 11.8 Å². The average molecular weight is 387 g/mol. The van der Waals surface area contributed by atoms with Crippen molar-refractivity contribution >= 4 is 29.5 Å². The van der Waals surface area contributed by atoms with E-state index in [1.54, 1.807) is 0 Å². The Kier molecular flexibility index (Phi) is 5.68. The highest BCUT2D eigenvalue weighted by Crippen LogP contribution is 2.40. The first-order valence-corrected chi connectivity index (χ1v) is 9.32. The van der Waals surface area contributed by atoms with Crippen LogP contribution < -0.4 is 5.32 Å². The van der Waals surface area contributed by atoms with Gasteiger partial charge in [0.1, 0.15) is 17.1 Å². The number of hydrogen-bond donors (Lipinski definition) is 2. The summed E-state index contributed by atoms with van der Waals surface area (Å²) < 4.78 is 0. The van der Waals surface area contributed by atoms with Crippen molar-refractivity contribution in [2.24, 2.45) is 5.11 Å². The number of fused-ring (bicyclic) bond motifs is 1. The predicted molar refractivity (Wildman–Crippen MR) is 98.5 cm³/mol.